The number of benzene rings is 1. The lowest BCUT2D eigenvalue weighted by atomic mass is 10.2. The average molecular weight is 317 g/mol. The fourth-order valence-electron chi connectivity index (χ4n) is 1.75. The van der Waals surface area contributed by atoms with E-state index < -0.39 is 11.7 Å². The minimum atomic E-state index is -0.634. The predicted octanol–water partition coefficient (Wildman–Crippen LogP) is 2.22. The maximum atomic E-state index is 12.4. The highest BCUT2D eigenvalue weighted by atomic mass is 16.6. The topological polar surface area (TPSA) is 90.3 Å². The molecule has 122 valence electrons. The maximum Gasteiger partial charge on any atom is 0.417 e. The number of rotatable bonds is 4. The van der Waals surface area contributed by atoms with Gasteiger partial charge in [0, 0.05) is 0 Å². The molecule has 0 aliphatic heterocycles. The molecule has 0 bridgehead atoms. The molecule has 2 aromatic rings. The summed E-state index contributed by atoms with van der Waals surface area (Å²) in [6.07, 6.45) is 0.632. The molecule has 8 heteroatoms. The van der Waals surface area contributed by atoms with Gasteiger partial charge in [-0.3, -0.25) is 0 Å². The van der Waals surface area contributed by atoms with Crippen molar-refractivity contribution in [3.05, 3.63) is 36.2 Å². The smallest absolute Gasteiger partial charge is 0.417 e. The number of carbonyl (C=O) groups is 1. The second kappa shape index (κ2) is 6.99. The summed E-state index contributed by atoms with van der Waals surface area (Å²) in [5, 5.41) is 15.0. The quantitative estimate of drug-likeness (QED) is 0.853. The van der Waals surface area contributed by atoms with Crippen LogP contribution in [0.2, 0.25) is 0 Å². The van der Waals surface area contributed by atoms with Crippen molar-refractivity contribution < 1.29 is 14.3 Å². The van der Waals surface area contributed by atoms with Crippen LogP contribution in [0, 0.1) is 0 Å². The molecule has 0 aliphatic carbocycles. The van der Waals surface area contributed by atoms with Gasteiger partial charge < -0.3 is 9.47 Å². The van der Waals surface area contributed by atoms with Gasteiger partial charge in [0.2, 0.25) is 0 Å². The van der Waals surface area contributed by atoms with E-state index in [-0.39, 0.29) is 12.5 Å². The zero-order valence-electron chi connectivity index (χ0n) is 13.6. The Labute approximate surface area is 134 Å². The van der Waals surface area contributed by atoms with Crippen molar-refractivity contribution in [2.45, 2.75) is 32.9 Å². The molecule has 0 unspecified atom stereocenters. The minimum absolute atomic E-state index is 0.0811. The van der Waals surface area contributed by atoms with Gasteiger partial charge in [-0.05, 0) is 38.5 Å². The minimum Gasteiger partial charge on any atom is -0.497 e. The van der Waals surface area contributed by atoms with Crippen molar-refractivity contribution in [3.63, 3.8) is 0 Å². The molecule has 1 heterocycles. The summed E-state index contributed by atoms with van der Waals surface area (Å²) >= 11 is 0. The van der Waals surface area contributed by atoms with Gasteiger partial charge in [-0.1, -0.05) is 12.1 Å². The Bertz CT molecular complexity index is 640. The van der Waals surface area contributed by atoms with E-state index in [1.54, 1.807) is 27.9 Å². The molecule has 0 saturated carbocycles. The molecule has 23 heavy (non-hydrogen) atoms. The van der Waals surface area contributed by atoms with Crippen LogP contribution in [0.25, 0.3) is 0 Å². The maximum absolute atomic E-state index is 12.4. The van der Waals surface area contributed by atoms with E-state index >= 15 is 0 Å². The monoisotopic (exact) mass is 317 g/mol. The third-order valence-electron chi connectivity index (χ3n) is 2.75. The number of nitrogens with zero attached hydrogens (tertiary/aromatic N) is 5. The lowest BCUT2D eigenvalue weighted by Gasteiger charge is -2.25. The van der Waals surface area contributed by atoms with Crippen LogP contribution in [-0.4, -0.2) is 39.2 Å². The Morgan fingerprint density at radius 3 is 2.26 bits per heavy atom. The van der Waals surface area contributed by atoms with E-state index in [1.807, 2.05) is 24.3 Å². The fourth-order valence-corrected chi connectivity index (χ4v) is 1.75. The van der Waals surface area contributed by atoms with Crippen molar-refractivity contribution >= 4 is 12.0 Å². The molecule has 0 atom stereocenters. The van der Waals surface area contributed by atoms with E-state index in [0.29, 0.717) is 0 Å². The van der Waals surface area contributed by atoms with Crippen LogP contribution in [0.15, 0.2) is 30.6 Å². The Kier molecular flexibility index (Phi) is 5.05. The van der Waals surface area contributed by atoms with Gasteiger partial charge >= 0.3 is 6.09 Å². The lowest BCUT2D eigenvalue weighted by molar-refractivity contribution is 0.0574. The highest BCUT2D eigenvalue weighted by molar-refractivity contribution is 5.85. The molecule has 1 amide bonds. The van der Waals surface area contributed by atoms with E-state index in [9.17, 15) is 4.79 Å². The summed E-state index contributed by atoms with van der Waals surface area (Å²) in [4.78, 5) is 13.7. The molecule has 2 rings (SSSR count). The second-order valence-electron chi connectivity index (χ2n) is 5.76. The first kappa shape index (κ1) is 16.6. The highest BCUT2D eigenvalue weighted by Crippen LogP contribution is 2.18. The number of amides is 1. The SMILES string of the molecule is COc1ccc(CN(C(=O)OC(C)(C)C)c2nncnn2)cc1. The van der Waals surface area contributed by atoms with Crippen molar-refractivity contribution in [2.75, 3.05) is 12.0 Å². The van der Waals surface area contributed by atoms with Crippen molar-refractivity contribution in [3.8, 4) is 5.75 Å². The van der Waals surface area contributed by atoms with Gasteiger partial charge in [0.1, 0.15) is 11.4 Å². The third kappa shape index (κ3) is 4.87. The van der Waals surface area contributed by atoms with Gasteiger partial charge in [0.25, 0.3) is 5.95 Å². The fraction of sp³-hybridized carbons (Fsp3) is 0.400. The standard InChI is InChI=1S/C15H19N5O3/c1-15(2,3)23-14(21)20(13-18-16-10-17-19-13)9-11-5-7-12(22-4)8-6-11/h5-8,10H,9H2,1-4H3. The van der Waals surface area contributed by atoms with Crippen LogP contribution in [-0.2, 0) is 11.3 Å². The largest absolute Gasteiger partial charge is 0.497 e. The number of anilines is 1. The first-order valence-corrected chi connectivity index (χ1v) is 7.03. The number of carbonyl (C=O) groups excluding carboxylic acids is 1. The summed E-state index contributed by atoms with van der Waals surface area (Å²) in [6, 6.07) is 7.32. The van der Waals surface area contributed by atoms with Crippen molar-refractivity contribution in [2.24, 2.45) is 0 Å². The first-order valence-electron chi connectivity index (χ1n) is 7.03. The van der Waals surface area contributed by atoms with E-state index in [1.165, 1.54) is 11.2 Å². The van der Waals surface area contributed by atoms with Gasteiger partial charge in [0.05, 0.1) is 13.7 Å². The van der Waals surface area contributed by atoms with Crippen LogP contribution >= 0.6 is 0 Å². The molecule has 0 N–H and O–H groups in total. The van der Waals surface area contributed by atoms with Gasteiger partial charge in [-0.2, -0.15) is 0 Å². The van der Waals surface area contributed by atoms with Crippen LogP contribution in [0.1, 0.15) is 26.3 Å². The van der Waals surface area contributed by atoms with Crippen molar-refractivity contribution in [1.29, 1.82) is 0 Å². The molecular formula is C15H19N5O3. The number of hydrogen-bond donors (Lipinski definition) is 0. The molecule has 1 aromatic heterocycles. The number of methoxy groups -OCH3 is 1. The van der Waals surface area contributed by atoms with Crippen LogP contribution in [0.4, 0.5) is 10.7 Å². The normalized spacial score (nSPS) is 11.0. The number of ether oxygens (including phenoxy) is 2. The summed E-state index contributed by atoms with van der Waals surface area (Å²) in [5.74, 6) is 0.814. The highest BCUT2D eigenvalue weighted by Gasteiger charge is 2.26. The van der Waals surface area contributed by atoms with Crippen LogP contribution in [0.5, 0.6) is 5.75 Å². The zero-order chi connectivity index (χ0) is 16.9. The molecule has 0 saturated heterocycles. The summed E-state index contributed by atoms with van der Waals surface area (Å²) in [5.41, 5.74) is 0.231. The Morgan fingerprint density at radius 2 is 1.74 bits per heavy atom. The Balaban J connectivity index is 2.24. The number of aromatic nitrogens is 4. The number of hydrogen-bond acceptors (Lipinski definition) is 7. The van der Waals surface area contributed by atoms with Crippen LogP contribution in [0.3, 0.4) is 0 Å². The lowest BCUT2D eigenvalue weighted by Crippen LogP contribution is -2.37. The summed E-state index contributed by atoms with van der Waals surface area (Å²) < 4.78 is 10.5. The third-order valence-corrected chi connectivity index (χ3v) is 2.75. The van der Waals surface area contributed by atoms with Gasteiger partial charge in [0.15, 0.2) is 6.33 Å². The molecular weight excluding hydrogens is 298 g/mol. The molecule has 1 aromatic carbocycles. The molecule has 0 aliphatic rings. The van der Waals surface area contributed by atoms with Gasteiger partial charge in [-0.25, -0.2) is 9.69 Å². The second-order valence-corrected chi connectivity index (χ2v) is 5.76. The van der Waals surface area contributed by atoms with Gasteiger partial charge in [-0.15, -0.1) is 20.4 Å². The Hall–Kier alpha value is -2.77. The van der Waals surface area contributed by atoms with Crippen molar-refractivity contribution in [1.82, 2.24) is 20.4 Å². The van der Waals surface area contributed by atoms with E-state index in [0.717, 1.165) is 11.3 Å². The van der Waals surface area contributed by atoms with E-state index in [2.05, 4.69) is 20.4 Å². The average Bonchev–Trinajstić information content (AvgIpc) is 2.52. The first-order chi connectivity index (χ1) is 10.9. The summed E-state index contributed by atoms with van der Waals surface area (Å²) in [6.45, 7) is 5.60. The van der Waals surface area contributed by atoms with Crippen LogP contribution < -0.4 is 9.64 Å². The molecule has 0 spiro atoms. The van der Waals surface area contributed by atoms with E-state index in [4.69, 9.17) is 9.47 Å². The predicted molar refractivity (Wildman–Crippen MR) is 83.0 cm³/mol. The Morgan fingerprint density at radius 1 is 1.13 bits per heavy atom. The molecule has 0 fully saturated rings. The summed E-state index contributed by atoms with van der Waals surface area (Å²) in [7, 11) is 1.59. The zero-order valence-corrected chi connectivity index (χ0v) is 13.6. The molecule has 0 radical (unpaired) electrons. The molecule has 8 nitrogen and oxygen atoms in total.